The summed E-state index contributed by atoms with van der Waals surface area (Å²) in [6.07, 6.45) is 10.1. The lowest BCUT2D eigenvalue weighted by Gasteiger charge is -2.60. The molecule has 3 unspecified atom stereocenters. The smallest absolute Gasteiger partial charge is 0.139 e. The minimum Gasteiger partial charge on any atom is -0.393 e. The molecule has 4 saturated carbocycles. The number of carbonyl (C=O) groups is 1. The molecule has 2 nitrogen and oxygen atoms in total. The van der Waals surface area contributed by atoms with Crippen LogP contribution in [0.2, 0.25) is 0 Å². The Morgan fingerprint density at radius 2 is 1.81 bits per heavy atom. The number of rotatable bonds is 0. The third-order valence-electron chi connectivity index (χ3n) is 8.35. The van der Waals surface area contributed by atoms with E-state index in [0.717, 1.165) is 49.9 Å². The number of carbonyl (C=O) groups excluding carboxylic acids is 1. The average Bonchev–Trinajstić information content (AvgIpc) is 2.76. The molecule has 0 aliphatic heterocycles. The Bertz CT molecular complexity index is 458. The van der Waals surface area contributed by atoms with Gasteiger partial charge in [-0.2, -0.15) is 0 Å². The maximum atomic E-state index is 12.4. The fourth-order valence-corrected chi connectivity index (χ4v) is 7.01. The third kappa shape index (κ3) is 1.84. The highest BCUT2D eigenvalue weighted by molar-refractivity contribution is 5.87. The minimum atomic E-state index is -0.0541. The first kappa shape index (κ1) is 14.2. The molecule has 0 aromatic rings. The zero-order valence-corrected chi connectivity index (χ0v) is 13.6. The first-order chi connectivity index (χ1) is 9.95. The summed E-state index contributed by atoms with van der Waals surface area (Å²) in [6.45, 7) is 4.78. The van der Waals surface area contributed by atoms with Crippen molar-refractivity contribution in [2.75, 3.05) is 0 Å². The first-order valence-electron chi connectivity index (χ1n) is 9.16. The number of fused-ring (bicyclic) bond motifs is 5. The molecule has 0 aromatic heterocycles. The van der Waals surface area contributed by atoms with E-state index in [1.165, 1.54) is 25.7 Å². The van der Waals surface area contributed by atoms with Gasteiger partial charge in [-0.1, -0.05) is 13.8 Å². The Labute approximate surface area is 128 Å². The van der Waals surface area contributed by atoms with Crippen molar-refractivity contribution in [2.24, 2.45) is 34.5 Å². The van der Waals surface area contributed by atoms with Gasteiger partial charge >= 0.3 is 0 Å². The van der Waals surface area contributed by atoms with Crippen molar-refractivity contribution in [1.29, 1.82) is 0 Å². The van der Waals surface area contributed by atoms with Gasteiger partial charge < -0.3 is 5.11 Å². The maximum absolute atomic E-state index is 12.4. The Kier molecular flexibility index (Phi) is 3.10. The standard InChI is InChI=1S/C19H30O2/c1-18-9-7-13(20)11-12(18)3-4-14-15-5-6-17(21)19(15,2)10-8-16(14)18/h12-16,20H,3-11H2,1-2H3/t12-,13-,14?,15?,16?,18+,19+/m1/s1. The highest BCUT2D eigenvalue weighted by atomic mass is 16.3. The number of Topliss-reactive ketones (excluding diaryl/α,β-unsaturated/α-hetero) is 1. The van der Waals surface area contributed by atoms with E-state index in [1.807, 2.05) is 0 Å². The van der Waals surface area contributed by atoms with Crippen molar-refractivity contribution in [2.45, 2.75) is 77.7 Å². The summed E-state index contributed by atoms with van der Waals surface area (Å²) in [5, 5.41) is 10.0. The van der Waals surface area contributed by atoms with Gasteiger partial charge in [0.25, 0.3) is 0 Å². The summed E-state index contributed by atoms with van der Waals surface area (Å²) >= 11 is 0. The van der Waals surface area contributed by atoms with Crippen molar-refractivity contribution >= 4 is 5.78 Å². The molecule has 4 aliphatic rings. The maximum Gasteiger partial charge on any atom is 0.139 e. The quantitative estimate of drug-likeness (QED) is 0.733. The van der Waals surface area contributed by atoms with Crippen molar-refractivity contribution in [1.82, 2.24) is 0 Å². The summed E-state index contributed by atoms with van der Waals surface area (Å²) in [7, 11) is 0. The first-order valence-corrected chi connectivity index (χ1v) is 9.16. The van der Waals surface area contributed by atoms with Gasteiger partial charge in [-0.05, 0) is 80.5 Å². The van der Waals surface area contributed by atoms with E-state index < -0.39 is 0 Å². The van der Waals surface area contributed by atoms with E-state index in [4.69, 9.17) is 0 Å². The molecule has 0 amide bonds. The Hall–Kier alpha value is -0.370. The lowest BCUT2D eigenvalue weighted by molar-refractivity contribution is -0.142. The van der Waals surface area contributed by atoms with Crippen LogP contribution in [0.15, 0.2) is 0 Å². The van der Waals surface area contributed by atoms with Crippen LogP contribution in [0.5, 0.6) is 0 Å². The van der Waals surface area contributed by atoms with Crippen LogP contribution < -0.4 is 0 Å². The van der Waals surface area contributed by atoms with E-state index in [0.29, 0.717) is 17.1 Å². The molecule has 4 fully saturated rings. The predicted molar refractivity (Wildman–Crippen MR) is 82.7 cm³/mol. The zero-order chi connectivity index (χ0) is 14.8. The molecule has 118 valence electrons. The van der Waals surface area contributed by atoms with Crippen LogP contribution >= 0.6 is 0 Å². The molecule has 2 heteroatoms. The molecule has 0 aromatic carbocycles. The lowest BCUT2D eigenvalue weighted by atomic mass is 9.45. The molecule has 21 heavy (non-hydrogen) atoms. The molecule has 0 spiro atoms. The SMILES string of the molecule is C[C@]12CCC3C(CC[C@@H]4C[C@H](O)CC[C@]34C)C1CCC2=O. The summed E-state index contributed by atoms with van der Waals surface area (Å²) < 4.78 is 0. The Morgan fingerprint density at radius 3 is 2.62 bits per heavy atom. The van der Waals surface area contributed by atoms with E-state index in [2.05, 4.69) is 13.8 Å². The van der Waals surface area contributed by atoms with Gasteiger partial charge in [-0.3, -0.25) is 4.79 Å². The van der Waals surface area contributed by atoms with Crippen LogP contribution in [0.25, 0.3) is 0 Å². The highest BCUT2D eigenvalue weighted by Crippen LogP contribution is 2.65. The van der Waals surface area contributed by atoms with Crippen molar-refractivity contribution < 1.29 is 9.90 Å². The minimum absolute atomic E-state index is 0.0124. The van der Waals surface area contributed by atoms with E-state index in [1.54, 1.807) is 0 Å². The number of aliphatic hydroxyl groups excluding tert-OH is 1. The van der Waals surface area contributed by atoms with Crippen LogP contribution in [-0.4, -0.2) is 17.0 Å². The molecule has 0 radical (unpaired) electrons. The second-order valence-corrected chi connectivity index (χ2v) is 9.00. The molecule has 7 atom stereocenters. The fraction of sp³-hybridized carbons (Fsp3) is 0.947. The van der Waals surface area contributed by atoms with Gasteiger partial charge in [0.2, 0.25) is 0 Å². The normalized spacial score (nSPS) is 56.5. The molecule has 0 bridgehead atoms. The summed E-state index contributed by atoms with van der Waals surface area (Å²) in [5.41, 5.74) is 0.452. The number of hydrogen-bond donors (Lipinski definition) is 1. The monoisotopic (exact) mass is 290 g/mol. The van der Waals surface area contributed by atoms with Gasteiger partial charge in [0.15, 0.2) is 0 Å². The lowest BCUT2D eigenvalue weighted by Crippen LogP contribution is -2.54. The second-order valence-electron chi connectivity index (χ2n) is 9.00. The van der Waals surface area contributed by atoms with Crippen molar-refractivity contribution in [3.63, 3.8) is 0 Å². The van der Waals surface area contributed by atoms with Crippen LogP contribution in [0, 0.1) is 34.5 Å². The van der Waals surface area contributed by atoms with Gasteiger partial charge in [0.05, 0.1) is 6.10 Å². The van der Waals surface area contributed by atoms with Crippen LogP contribution in [0.3, 0.4) is 0 Å². The van der Waals surface area contributed by atoms with Gasteiger partial charge in [-0.15, -0.1) is 0 Å². The van der Waals surface area contributed by atoms with Crippen molar-refractivity contribution in [3.05, 3.63) is 0 Å². The van der Waals surface area contributed by atoms with Crippen LogP contribution in [0.1, 0.15) is 71.6 Å². The number of aliphatic hydroxyl groups is 1. The highest BCUT2D eigenvalue weighted by Gasteiger charge is 2.60. The molecular weight excluding hydrogens is 260 g/mol. The molecule has 4 rings (SSSR count). The third-order valence-corrected chi connectivity index (χ3v) is 8.35. The molecule has 0 saturated heterocycles. The van der Waals surface area contributed by atoms with Crippen molar-refractivity contribution in [3.8, 4) is 0 Å². The molecule has 4 aliphatic carbocycles. The summed E-state index contributed by atoms with van der Waals surface area (Å²) in [5.74, 6) is 3.54. The summed E-state index contributed by atoms with van der Waals surface area (Å²) in [4.78, 5) is 12.4. The van der Waals surface area contributed by atoms with Gasteiger partial charge in [0.1, 0.15) is 5.78 Å². The molecule has 1 N–H and O–H groups in total. The van der Waals surface area contributed by atoms with E-state index in [-0.39, 0.29) is 11.5 Å². The van der Waals surface area contributed by atoms with Crippen LogP contribution in [0.4, 0.5) is 0 Å². The fourth-order valence-electron chi connectivity index (χ4n) is 7.01. The number of hydrogen-bond acceptors (Lipinski definition) is 2. The second kappa shape index (κ2) is 4.57. The molecule has 0 heterocycles. The van der Waals surface area contributed by atoms with E-state index in [9.17, 15) is 9.90 Å². The van der Waals surface area contributed by atoms with Gasteiger partial charge in [0, 0.05) is 11.8 Å². The summed E-state index contributed by atoms with van der Waals surface area (Å²) in [6, 6.07) is 0. The molecular formula is C19H30O2. The van der Waals surface area contributed by atoms with Crippen LogP contribution in [-0.2, 0) is 4.79 Å². The van der Waals surface area contributed by atoms with Gasteiger partial charge in [-0.25, -0.2) is 0 Å². The Morgan fingerprint density at radius 1 is 1.00 bits per heavy atom. The van der Waals surface area contributed by atoms with E-state index >= 15 is 0 Å². The average molecular weight is 290 g/mol. The predicted octanol–water partition coefficient (Wildman–Crippen LogP) is 3.96. The topological polar surface area (TPSA) is 37.3 Å². The zero-order valence-electron chi connectivity index (χ0n) is 13.6. The Balaban J connectivity index is 1.64. The number of ketones is 1. The largest absolute Gasteiger partial charge is 0.393 e.